The monoisotopic (exact) mass is 264 g/mol. The van der Waals surface area contributed by atoms with E-state index >= 15 is 0 Å². The van der Waals surface area contributed by atoms with Crippen LogP contribution in [0.3, 0.4) is 0 Å². The van der Waals surface area contributed by atoms with Crippen molar-refractivity contribution in [2.75, 3.05) is 20.1 Å². The summed E-state index contributed by atoms with van der Waals surface area (Å²) >= 11 is 0. The third kappa shape index (κ3) is 2.85. The van der Waals surface area contributed by atoms with Gasteiger partial charge in [-0.3, -0.25) is 0 Å². The maximum Gasteiger partial charge on any atom is 0.0124 e. The molecule has 19 heavy (non-hydrogen) atoms. The normalized spacial score (nSPS) is 42.0. The van der Waals surface area contributed by atoms with Gasteiger partial charge in [-0.05, 0) is 76.2 Å². The molecule has 0 spiro atoms. The van der Waals surface area contributed by atoms with Crippen LogP contribution in [0.4, 0.5) is 0 Å². The van der Waals surface area contributed by atoms with Gasteiger partial charge in [-0.2, -0.15) is 0 Å². The van der Waals surface area contributed by atoms with Crippen LogP contribution < -0.4 is 5.32 Å². The lowest BCUT2D eigenvalue weighted by molar-refractivity contribution is -0.0142. The summed E-state index contributed by atoms with van der Waals surface area (Å²) in [6.45, 7) is 7.01. The van der Waals surface area contributed by atoms with Crippen molar-refractivity contribution in [2.45, 2.75) is 64.5 Å². The average Bonchev–Trinajstić information content (AvgIpc) is 2.39. The number of nitrogens with one attached hydrogen (secondary N) is 1. The molecule has 4 aliphatic carbocycles. The molecule has 1 N–H and O–H groups in total. The van der Waals surface area contributed by atoms with Crippen LogP contribution in [0.15, 0.2) is 0 Å². The Kier molecular flexibility index (Phi) is 4.19. The molecule has 4 aliphatic rings. The first kappa shape index (κ1) is 13.9. The Balaban J connectivity index is 1.46. The van der Waals surface area contributed by atoms with E-state index in [4.69, 9.17) is 0 Å². The van der Waals surface area contributed by atoms with Gasteiger partial charge < -0.3 is 10.2 Å². The summed E-state index contributed by atoms with van der Waals surface area (Å²) in [6.07, 6.45) is 8.96. The maximum atomic E-state index is 3.93. The lowest BCUT2D eigenvalue weighted by atomic mass is 9.54. The molecular formula is C17H32N2. The number of rotatable bonds is 6. The highest BCUT2D eigenvalue weighted by Gasteiger charge is 2.47. The Morgan fingerprint density at radius 2 is 1.63 bits per heavy atom. The van der Waals surface area contributed by atoms with E-state index in [0.717, 1.165) is 35.8 Å². The van der Waals surface area contributed by atoms with Crippen LogP contribution in [-0.2, 0) is 0 Å². The zero-order chi connectivity index (χ0) is 13.4. The van der Waals surface area contributed by atoms with Gasteiger partial charge in [0.15, 0.2) is 0 Å². The van der Waals surface area contributed by atoms with Crippen LogP contribution in [0.25, 0.3) is 0 Å². The molecule has 0 heterocycles. The van der Waals surface area contributed by atoms with Gasteiger partial charge >= 0.3 is 0 Å². The van der Waals surface area contributed by atoms with Gasteiger partial charge in [-0.1, -0.05) is 6.92 Å². The van der Waals surface area contributed by atoms with Crippen LogP contribution in [0, 0.1) is 23.7 Å². The minimum absolute atomic E-state index is 0.722. The average molecular weight is 264 g/mol. The Labute approximate surface area is 119 Å². The van der Waals surface area contributed by atoms with Crippen molar-refractivity contribution in [2.24, 2.45) is 23.7 Å². The molecule has 4 rings (SSSR count). The van der Waals surface area contributed by atoms with Gasteiger partial charge in [0.1, 0.15) is 0 Å². The third-order valence-electron chi connectivity index (χ3n) is 6.41. The van der Waals surface area contributed by atoms with E-state index in [-0.39, 0.29) is 0 Å². The van der Waals surface area contributed by atoms with E-state index in [9.17, 15) is 0 Å². The lowest BCUT2D eigenvalue weighted by Crippen LogP contribution is -2.55. The molecule has 0 aromatic rings. The van der Waals surface area contributed by atoms with Crippen LogP contribution in [0.5, 0.6) is 0 Å². The first-order chi connectivity index (χ1) is 9.17. The van der Waals surface area contributed by atoms with Gasteiger partial charge in [0.2, 0.25) is 0 Å². The SMILES string of the molecule is CCC(C)N(C)CCNC1C2CC3CC(C2)CC1C3. The van der Waals surface area contributed by atoms with Crippen LogP contribution in [-0.4, -0.2) is 37.1 Å². The predicted molar refractivity (Wildman–Crippen MR) is 81.2 cm³/mol. The Morgan fingerprint density at radius 3 is 2.16 bits per heavy atom. The molecule has 4 saturated carbocycles. The minimum atomic E-state index is 0.722. The number of nitrogens with zero attached hydrogens (tertiary/aromatic N) is 1. The van der Waals surface area contributed by atoms with Crippen LogP contribution >= 0.6 is 0 Å². The highest BCUT2D eigenvalue weighted by molar-refractivity contribution is 5.01. The standard InChI is InChI=1S/C17H32N2/c1-4-12(2)19(3)6-5-18-17-15-8-13-7-14(10-15)11-16(17)9-13/h12-18H,4-11H2,1-3H3. The quantitative estimate of drug-likeness (QED) is 0.793. The summed E-state index contributed by atoms with van der Waals surface area (Å²) in [5.74, 6) is 4.24. The summed E-state index contributed by atoms with van der Waals surface area (Å²) < 4.78 is 0. The van der Waals surface area contributed by atoms with Gasteiger partial charge in [0, 0.05) is 25.2 Å². The second kappa shape index (κ2) is 5.73. The zero-order valence-corrected chi connectivity index (χ0v) is 13.1. The Morgan fingerprint density at radius 1 is 1.05 bits per heavy atom. The lowest BCUT2D eigenvalue weighted by Gasteiger charge is -2.54. The summed E-state index contributed by atoms with van der Waals surface area (Å²) in [5, 5.41) is 3.93. The second-order valence-corrected chi connectivity index (χ2v) is 7.65. The maximum absolute atomic E-state index is 3.93. The number of likely N-dealkylation sites (N-methyl/N-ethyl adjacent to an activating group) is 1. The van der Waals surface area contributed by atoms with Crippen molar-refractivity contribution in [1.82, 2.24) is 10.2 Å². The molecule has 0 saturated heterocycles. The molecule has 2 nitrogen and oxygen atoms in total. The highest BCUT2D eigenvalue weighted by Crippen LogP contribution is 2.53. The van der Waals surface area contributed by atoms with Crippen LogP contribution in [0.2, 0.25) is 0 Å². The fraction of sp³-hybridized carbons (Fsp3) is 1.00. The summed E-state index contributed by atoms with van der Waals surface area (Å²) in [5.41, 5.74) is 0. The summed E-state index contributed by atoms with van der Waals surface area (Å²) in [7, 11) is 2.27. The van der Waals surface area contributed by atoms with Crippen molar-refractivity contribution >= 4 is 0 Å². The summed E-state index contributed by atoms with van der Waals surface area (Å²) in [4.78, 5) is 2.50. The van der Waals surface area contributed by atoms with Crippen molar-refractivity contribution in [3.8, 4) is 0 Å². The number of hydrogen-bond donors (Lipinski definition) is 1. The van der Waals surface area contributed by atoms with Crippen LogP contribution in [0.1, 0.15) is 52.4 Å². The van der Waals surface area contributed by atoms with Gasteiger partial charge in [0.05, 0.1) is 0 Å². The van der Waals surface area contributed by atoms with Crippen molar-refractivity contribution < 1.29 is 0 Å². The molecule has 0 aromatic carbocycles. The largest absolute Gasteiger partial charge is 0.312 e. The predicted octanol–water partition coefficient (Wildman–Crippen LogP) is 3.13. The number of hydrogen-bond acceptors (Lipinski definition) is 2. The molecule has 1 unspecified atom stereocenters. The molecule has 110 valence electrons. The van der Waals surface area contributed by atoms with E-state index in [1.807, 2.05) is 0 Å². The van der Waals surface area contributed by atoms with Crippen molar-refractivity contribution in [3.05, 3.63) is 0 Å². The molecule has 2 heteroatoms. The smallest absolute Gasteiger partial charge is 0.0124 e. The van der Waals surface area contributed by atoms with E-state index in [1.54, 1.807) is 6.42 Å². The molecule has 0 radical (unpaired) electrons. The fourth-order valence-electron chi connectivity index (χ4n) is 5.20. The molecule has 0 aromatic heterocycles. The van der Waals surface area contributed by atoms with E-state index in [1.165, 1.54) is 45.2 Å². The summed E-state index contributed by atoms with van der Waals surface area (Å²) in [6, 6.07) is 1.58. The Bertz CT molecular complexity index is 274. The first-order valence-electron chi connectivity index (χ1n) is 8.61. The van der Waals surface area contributed by atoms with E-state index in [0.29, 0.717) is 0 Å². The molecule has 4 bridgehead atoms. The van der Waals surface area contributed by atoms with Crippen molar-refractivity contribution in [1.29, 1.82) is 0 Å². The second-order valence-electron chi connectivity index (χ2n) is 7.65. The van der Waals surface area contributed by atoms with Gasteiger partial charge in [0.25, 0.3) is 0 Å². The van der Waals surface area contributed by atoms with E-state index in [2.05, 4.69) is 31.1 Å². The van der Waals surface area contributed by atoms with Crippen molar-refractivity contribution in [3.63, 3.8) is 0 Å². The Hall–Kier alpha value is -0.0800. The minimum Gasteiger partial charge on any atom is -0.312 e. The van der Waals surface area contributed by atoms with Gasteiger partial charge in [-0.15, -0.1) is 0 Å². The molecule has 1 atom stereocenters. The highest BCUT2D eigenvalue weighted by atomic mass is 15.1. The molecule has 0 amide bonds. The molecule has 4 fully saturated rings. The molecule has 0 aliphatic heterocycles. The fourth-order valence-corrected chi connectivity index (χ4v) is 5.20. The van der Waals surface area contributed by atoms with Gasteiger partial charge in [-0.25, -0.2) is 0 Å². The first-order valence-corrected chi connectivity index (χ1v) is 8.61. The third-order valence-corrected chi connectivity index (χ3v) is 6.41. The topological polar surface area (TPSA) is 15.3 Å². The zero-order valence-electron chi connectivity index (χ0n) is 13.1. The van der Waals surface area contributed by atoms with E-state index < -0.39 is 0 Å². The molecular weight excluding hydrogens is 232 g/mol.